The number of nitrogens with zero attached hydrogens (tertiary/aromatic N) is 4. The van der Waals surface area contributed by atoms with Crippen molar-refractivity contribution in [2.75, 3.05) is 30.4 Å². The van der Waals surface area contributed by atoms with E-state index in [1.54, 1.807) is 30.3 Å². The average molecular weight is 355 g/mol. The Balaban J connectivity index is 1.56. The van der Waals surface area contributed by atoms with E-state index >= 15 is 0 Å². The molecule has 2 aromatic rings. The van der Waals surface area contributed by atoms with E-state index < -0.39 is 4.92 Å². The molecule has 2 amide bonds. The smallest absolute Gasteiger partial charge is 0.321 e. The highest BCUT2D eigenvalue weighted by Gasteiger charge is 2.26. The summed E-state index contributed by atoms with van der Waals surface area (Å²) in [6, 6.07) is 11.6. The molecule has 0 atom stereocenters. The number of non-ortho nitro benzene ring substituents is 1. The number of benzene rings is 1. The molecule has 0 bridgehead atoms. The summed E-state index contributed by atoms with van der Waals surface area (Å²) in [4.78, 5) is 31.1. The Morgan fingerprint density at radius 2 is 2.04 bits per heavy atom. The van der Waals surface area contributed by atoms with Gasteiger partial charge in [-0.1, -0.05) is 12.1 Å². The van der Waals surface area contributed by atoms with E-state index in [0.717, 1.165) is 31.7 Å². The molecule has 3 rings (SSSR count). The number of amides is 2. The molecule has 0 unspecified atom stereocenters. The zero-order valence-electron chi connectivity index (χ0n) is 14.5. The van der Waals surface area contributed by atoms with Gasteiger partial charge in [-0.15, -0.1) is 0 Å². The molecular formula is C18H21N5O3. The third-order valence-electron chi connectivity index (χ3n) is 4.61. The van der Waals surface area contributed by atoms with Gasteiger partial charge in [0.15, 0.2) is 0 Å². The van der Waals surface area contributed by atoms with Crippen LogP contribution in [0.4, 0.5) is 22.0 Å². The van der Waals surface area contributed by atoms with E-state index in [9.17, 15) is 14.9 Å². The van der Waals surface area contributed by atoms with E-state index in [0.29, 0.717) is 5.69 Å². The van der Waals surface area contributed by atoms with Crippen molar-refractivity contribution in [1.82, 2.24) is 9.88 Å². The van der Waals surface area contributed by atoms with Crippen LogP contribution in [0.2, 0.25) is 0 Å². The number of piperidine rings is 1. The second-order valence-corrected chi connectivity index (χ2v) is 6.25. The SMILES string of the molecule is CN(C(=O)Nc1cccc([N+](=O)[O-])c1)C1CCN(c2ccccn2)CC1. The monoisotopic (exact) mass is 355 g/mol. The molecule has 8 nitrogen and oxygen atoms in total. The number of nitrogens with one attached hydrogen (secondary N) is 1. The van der Waals surface area contributed by atoms with Gasteiger partial charge in [-0.05, 0) is 31.0 Å². The van der Waals surface area contributed by atoms with Crippen LogP contribution >= 0.6 is 0 Å². The second-order valence-electron chi connectivity index (χ2n) is 6.25. The van der Waals surface area contributed by atoms with E-state index in [4.69, 9.17) is 0 Å². The van der Waals surface area contributed by atoms with Gasteiger partial charge in [-0.25, -0.2) is 9.78 Å². The Kier molecular flexibility index (Phi) is 5.31. The number of nitro groups is 1. The number of aromatic nitrogens is 1. The van der Waals surface area contributed by atoms with Crippen molar-refractivity contribution in [1.29, 1.82) is 0 Å². The number of anilines is 2. The molecule has 1 fully saturated rings. The van der Waals surface area contributed by atoms with E-state index in [2.05, 4.69) is 15.2 Å². The highest BCUT2D eigenvalue weighted by atomic mass is 16.6. The predicted octanol–water partition coefficient (Wildman–Crippen LogP) is 3.12. The van der Waals surface area contributed by atoms with Crippen LogP contribution in [0.3, 0.4) is 0 Å². The number of pyridine rings is 1. The Labute approximate surface area is 151 Å². The van der Waals surface area contributed by atoms with Crippen LogP contribution in [0.25, 0.3) is 0 Å². The van der Waals surface area contributed by atoms with Crippen LogP contribution in [0.1, 0.15) is 12.8 Å². The molecular weight excluding hydrogens is 334 g/mol. The predicted molar refractivity (Wildman–Crippen MR) is 99.4 cm³/mol. The molecule has 1 aliphatic heterocycles. The maximum atomic E-state index is 12.5. The largest absolute Gasteiger partial charge is 0.356 e. The van der Waals surface area contributed by atoms with Gasteiger partial charge >= 0.3 is 6.03 Å². The van der Waals surface area contributed by atoms with Crippen LogP contribution in [-0.4, -0.2) is 47.0 Å². The molecule has 26 heavy (non-hydrogen) atoms. The Morgan fingerprint density at radius 3 is 2.69 bits per heavy atom. The number of hydrogen-bond acceptors (Lipinski definition) is 5. The first-order valence-corrected chi connectivity index (χ1v) is 8.49. The van der Waals surface area contributed by atoms with Crippen molar-refractivity contribution in [3.05, 3.63) is 58.8 Å². The first-order chi connectivity index (χ1) is 12.5. The topological polar surface area (TPSA) is 91.6 Å². The maximum Gasteiger partial charge on any atom is 0.321 e. The van der Waals surface area contributed by atoms with Crippen molar-refractivity contribution < 1.29 is 9.72 Å². The summed E-state index contributed by atoms with van der Waals surface area (Å²) in [6.07, 6.45) is 3.46. The van der Waals surface area contributed by atoms with Crippen LogP contribution in [0, 0.1) is 10.1 Å². The average Bonchev–Trinajstić information content (AvgIpc) is 2.68. The zero-order valence-corrected chi connectivity index (χ0v) is 14.5. The minimum atomic E-state index is -0.479. The second kappa shape index (κ2) is 7.81. The first-order valence-electron chi connectivity index (χ1n) is 8.49. The van der Waals surface area contributed by atoms with Gasteiger partial charge in [0.2, 0.25) is 0 Å². The first kappa shape index (κ1) is 17.7. The van der Waals surface area contributed by atoms with E-state index in [1.165, 1.54) is 12.1 Å². The standard InChI is InChI=1S/C18H21N5O3/c1-21(18(24)20-14-5-4-6-16(13-14)23(25)26)15-8-11-22(12-9-15)17-7-2-3-10-19-17/h2-7,10,13,15H,8-9,11-12H2,1H3,(H,20,24). The lowest BCUT2D eigenvalue weighted by Gasteiger charge is -2.37. The molecule has 1 aromatic heterocycles. The van der Waals surface area contributed by atoms with Gasteiger partial charge in [0.25, 0.3) is 5.69 Å². The van der Waals surface area contributed by atoms with Crippen molar-refractivity contribution in [3.63, 3.8) is 0 Å². The summed E-state index contributed by atoms with van der Waals surface area (Å²) in [6.45, 7) is 1.66. The molecule has 136 valence electrons. The minimum absolute atomic E-state index is 0.0471. The van der Waals surface area contributed by atoms with Gasteiger partial charge in [0.05, 0.1) is 4.92 Å². The third kappa shape index (κ3) is 4.08. The molecule has 0 aliphatic carbocycles. The highest BCUT2D eigenvalue weighted by molar-refractivity contribution is 5.89. The Bertz CT molecular complexity index is 775. The lowest BCUT2D eigenvalue weighted by Crippen LogP contribution is -2.47. The fourth-order valence-electron chi connectivity index (χ4n) is 3.10. The van der Waals surface area contributed by atoms with Gasteiger partial charge in [-0.3, -0.25) is 10.1 Å². The molecule has 1 saturated heterocycles. The summed E-state index contributed by atoms with van der Waals surface area (Å²) in [5, 5.41) is 13.6. The summed E-state index contributed by atoms with van der Waals surface area (Å²) in [7, 11) is 1.76. The summed E-state index contributed by atoms with van der Waals surface area (Å²) >= 11 is 0. The summed E-state index contributed by atoms with van der Waals surface area (Å²) < 4.78 is 0. The number of urea groups is 1. The summed E-state index contributed by atoms with van der Waals surface area (Å²) in [5.41, 5.74) is 0.371. The maximum absolute atomic E-state index is 12.5. The molecule has 1 aromatic carbocycles. The number of carbonyl (C=O) groups is 1. The van der Waals surface area contributed by atoms with Gasteiger partial charge < -0.3 is 15.1 Å². The number of nitro benzene ring substituents is 1. The van der Waals surface area contributed by atoms with Gasteiger partial charge in [0, 0.05) is 50.2 Å². The fraction of sp³-hybridized carbons (Fsp3) is 0.333. The van der Waals surface area contributed by atoms with Crippen LogP contribution in [0.15, 0.2) is 48.7 Å². The van der Waals surface area contributed by atoms with Crippen LogP contribution < -0.4 is 10.2 Å². The fourth-order valence-corrected chi connectivity index (χ4v) is 3.10. The van der Waals surface area contributed by atoms with Gasteiger partial charge in [-0.2, -0.15) is 0 Å². The number of hydrogen-bond donors (Lipinski definition) is 1. The zero-order chi connectivity index (χ0) is 18.5. The highest BCUT2D eigenvalue weighted by Crippen LogP contribution is 2.22. The molecule has 0 radical (unpaired) electrons. The van der Waals surface area contributed by atoms with Crippen LogP contribution in [0.5, 0.6) is 0 Å². The molecule has 1 N–H and O–H groups in total. The Morgan fingerprint density at radius 1 is 1.27 bits per heavy atom. The van der Waals surface area contributed by atoms with Crippen molar-refractivity contribution >= 4 is 23.2 Å². The number of rotatable bonds is 4. The Hall–Kier alpha value is -3.16. The van der Waals surface area contributed by atoms with Crippen molar-refractivity contribution in [3.8, 4) is 0 Å². The molecule has 0 spiro atoms. The molecule has 0 saturated carbocycles. The van der Waals surface area contributed by atoms with Crippen LogP contribution in [-0.2, 0) is 0 Å². The van der Waals surface area contributed by atoms with Crippen molar-refractivity contribution in [2.24, 2.45) is 0 Å². The molecule has 1 aliphatic rings. The lowest BCUT2D eigenvalue weighted by atomic mass is 10.0. The molecule has 8 heteroatoms. The lowest BCUT2D eigenvalue weighted by molar-refractivity contribution is -0.384. The van der Waals surface area contributed by atoms with Crippen molar-refractivity contribution in [2.45, 2.75) is 18.9 Å². The van der Waals surface area contributed by atoms with Gasteiger partial charge in [0.1, 0.15) is 5.82 Å². The quantitative estimate of drug-likeness (QED) is 0.672. The normalized spacial score (nSPS) is 14.7. The molecule has 2 heterocycles. The number of carbonyl (C=O) groups excluding carboxylic acids is 1. The van der Waals surface area contributed by atoms with E-state index in [-0.39, 0.29) is 17.8 Å². The third-order valence-corrected chi connectivity index (χ3v) is 4.61. The summed E-state index contributed by atoms with van der Waals surface area (Å²) in [5.74, 6) is 0.953. The van der Waals surface area contributed by atoms with E-state index in [1.807, 2.05) is 18.2 Å². The minimum Gasteiger partial charge on any atom is -0.356 e.